The first-order chi connectivity index (χ1) is 4.22. The lowest BCUT2D eigenvalue weighted by atomic mass is 9.99. The van der Waals surface area contributed by atoms with Crippen molar-refractivity contribution in [2.45, 2.75) is 26.0 Å². The summed E-state index contributed by atoms with van der Waals surface area (Å²) in [6, 6.07) is 0. The Morgan fingerprint density at radius 3 is 2.67 bits per heavy atom. The summed E-state index contributed by atoms with van der Waals surface area (Å²) in [5.74, 6) is 0.462. The van der Waals surface area contributed by atoms with E-state index >= 15 is 0 Å². The summed E-state index contributed by atoms with van der Waals surface area (Å²) in [5, 5.41) is 9.37. The van der Waals surface area contributed by atoms with E-state index in [-0.39, 0.29) is 6.23 Å². The van der Waals surface area contributed by atoms with Gasteiger partial charge in [0.1, 0.15) is 6.23 Å². The zero-order valence-electron chi connectivity index (χ0n) is 6.17. The molecule has 0 aromatic heterocycles. The molecule has 0 saturated carbocycles. The average molecular weight is 129 g/mol. The largest absolute Gasteiger partial charge is 0.378 e. The van der Waals surface area contributed by atoms with Crippen LogP contribution in [0.3, 0.4) is 0 Å². The highest BCUT2D eigenvalue weighted by atomic mass is 16.3. The molecule has 2 heteroatoms. The molecular weight excluding hydrogens is 114 g/mol. The molecular formula is C7H15NO. The van der Waals surface area contributed by atoms with Gasteiger partial charge in [-0.2, -0.15) is 0 Å². The van der Waals surface area contributed by atoms with Crippen molar-refractivity contribution >= 4 is 0 Å². The fraction of sp³-hybridized carbons (Fsp3) is 1.00. The molecule has 1 saturated heterocycles. The summed E-state index contributed by atoms with van der Waals surface area (Å²) in [6.07, 6.45) is 2.21. The van der Waals surface area contributed by atoms with Gasteiger partial charge in [-0.15, -0.1) is 0 Å². The molecule has 2 atom stereocenters. The molecule has 1 aliphatic heterocycles. The monoisotopic (exact) mass is 129 g/mol. The summed E-state index contributed by atoms with van der Waals surface area (Å²) < 4.78 is 0. The molecule has 0 aromatic rings. The van der Waals surface area contributed by atoms with Gasteiger partial charge in [0.15, 0.2) is 0 Å². The smallest absolute Gasteiger partial charge is 0.109 e. The van der Waals surface area contributed by atoms with Crippen LogP contribution in [-0.4, -0.2) is 29.8 Å². The standard InChI is InChI=1S/C7H15NO/c1-6-4-3-5-8(2)7(6)9/h6-7,9H,3-5H2,1-2H3. The first-order valence-corrected chi connectivity index (χ1v) is 3.60. The molecule has 0 bridgehead atoms. The van der Waals surface area contributed by atoms with E-state index in [1.807, 2.05) is 11.9 Å². The van der Waals surface area contributed by atoms with Crippen molar-refractivity contribution in [3.05, 3.63) is 0 Å². The van der Waals surface area contributed by atoms with Gasteiger partial charge in [0.05, 0.1) is 0 Å². The number of aliphatic hydroxyl groups is 1. The van der Waals surface area contributed by atoms with Gasteiger partial charge in [-0.25, -0.2) is 0 Å². The van der Waals surface area contributed by atoms with Crippen LogP contribution in [0.2, 0.25) is 0 Å². The van der Waals surface area contributed by atoms with Crippen LogP contribution in [0.5, 0.6) is 0 Å². The number of nitrogens with zero attached hydrogens (tertiary/aromatic N) is 1. The number of aliphatic hydroxyl groups excluding tert-OH is 1. The number of hydrogen-bond acceptors (Lipinski definition) is 2. The van der Waals surface area contributed by atoms with E-state index in [0.29, 0.717) is 5.92 Å². The van der Waals surface area contributed by atoms with Crippen LogP contribution >= 0.6 is 0 Å². The van der Waals surface area contributed by atoms with Crippen molar-refractivity contribution in [3.8, 4) is 0 Å². The van der Waals surface area contributed by atoms with Gasteiger partial charge >= 0.3 is 0 Å². The molecule has 54 valence electrons. The lowest BCUT2D eigenvalue weighted by molar-refractivity contribution is -0.0443. The van der Waals surface area contributed by atoms with Crippen molar-refractivity contribution in [2.75, 3.05) is 13.6 Å². The third-order valence-electron chi connectivity index (χ3n) is 2.13. The molecule has 1 rings (SSSR count). The second kappa shape index (κ2) is 2.67. The third-order valence-corrected chi connectivity index (χ3v) is 2.13. The number of likely N-dealkylation sites (tertiary alicyclic amines) is 1. The minimum absolute atomic E-state index is 0.196. The zero-order chi connectivity index (χ0) is 6.85. The minimum atomic E-state index is -0.196. The number of rotatable bonds is 0. The summed E-state index contributed by atoms with van der Waals surface area (Å²) in [7, 11) is 1.97. The van der Waals surface area contributed by atoms with Crippen molar-refractivity contribution in [2.24, 2.45) is 5.92 Å². The molecule has 0 aromatic carbocycles. The molecule has 0 amide bonds. The minimum Gasteiger partial charge on any atom is -0.378 e. The second-order valence-electron chi connectivity index (χ2n) is 3.01. The highest BCUT2D eigenvalue weighted by Crippen LogP contribution is 2.18. The lowest BCUT2D eigenvalue weighted by Gasteiger charge is -2.33. The second-order valence-corrected chi connectivity index (χ2v) is 3.01. The van der Waals surface area contributed by atoms with Crippen molar-refractivity contribution in [1.29, 1.82) is 0 Å². The molecule has 1 aliphatic rings. The summed E-state index contributed by atoms with van der Waals surface area (Å²) in [6.45, 7) is 3.14. The molecule has 1 heterocycles. The van der Waals surface area contributed by atoms with Gasteiger partial charge in [0, 0.05) is 6.54 Å². The molecule has 0 spiro atoms. The van der Waals surface area contributed by atoms with Gasteiger partial charge in [0.2, 0.25) is 0 Å². The summed E-state index contributed by atoms with van der Waals surface area (Å²) in [4.78, 5) is 2.01. The van der Waals surface area contributed by atoms with Crippen molar-refractivity contribution in [1.82, 2.24) is 4.90 Å². The van der Waals surface area contributed by atoms with Gasteiger partial charge in [-0.3, -0.25) is 4.90 Å². The highest BCUT2D eigenvalue weighted by Gasteiger charge is 2.22. The molecule has 1 fully saturated rings. The number of piperidine rings is 1. The molecule has 2 unspecified atom stereocenters. The lowest BCUT2D eigenvalue weighted by Crippen LogP contribution is -2.41. The quantitative estimate of drug-likeness (QED) is 0.519. The maximum atomic E-state index is 9.37. The van der Waals surface area contributed by atoms with Gasteiger partial charge in [0.25, 0.3) is 0 Å². The zero-order valence-corrected chi connectivity index (χ0v) is 6.17. The fourth-order valence-electron chi connectivity index (χ4n) is 1.38. The predicted molar refractivity (Wildman–Crippen MR) is 37.0 cm³/mol. The van der Waals surface area contributed by atoms with Crippen LogP contribution in [-0.2, 0) is 0 Å². The van der Waals surface area contributed by atoms with E-state index in [0.717, 1.165) is 6.54 Å². The Balaban J connectivity index is 2.41. The van der Waals surface area contributed by atoms with Crippen LogP contribution in [0.15, 0.2) is 0 Å². The van der Waals surface area contributed by atoms with E-state index in [9.17, 15) is 5.11 Å². The third kappa shape index (κ3) is 1.43. The van der Waals surface area contributed by atoms with E-state index in [4.69, 9.17) is 0 Å². The van der Waals surface area contributed by atoms with Crippen LogP contribution in [0.25, 0.3) is 0 Å². The predicted octanol–water partition coefficient (Wildman–Crippen LogP) is 0.667. The Labute approximate surface area is 56.5 Å². The summed E-state index contributed by atoms with van der Waals surface area (Å²) >= 11 is 0. The van der Waals surface area contributed by atoms with Crippen LogP contribution in [0.1, 0.15) is 19.8 Å². The Kier molecular flexibility index (Phi) is 2.09. The van der Waals surface area contributed by atoms with Crippen LogP contribution in [0, 0.1) is 5.92 Å². The molecule has 2 nitrogen and oxygen atoms in total. The SMILES string of the molecule is CC1CCCN(C)C1O. The fourth-order valence-corrected chi connectivity index (χ4v) is 1.38. The van der Waals surface area contributed by atoms with Crippen LogP contribution < -0.4 is 0 Å². The van der Waals surface area contributed by atoms with E-state index in [1.165, 1.54) is 12.8 Å². The highest BCUT2D eigenvalue weighted by molar-refractivity contribution is 4.70. The van der Waals surface area contributed by atoms with Crippen molar-refractivity contribution < 1.29 is 5.11 Å². The molecule has 0 radical (unpaired) electrons. The van der Waals surface area contributed by atoms with Crippen molar-refractivity contribution in [3.63, 3.8) is 0 Å². The maximum Gasteiger partial charge on any atom is 0.109 e. The maximum absolute atomic E-state index is 9.37. The Bertz CT molecular complexity index is 84.9. The van der Waals surface area contributed by atoms with E-state index in [1.54, 1.807) is 0 Å². The first-order valence-electron chi connectivity index (χ1n) is 3.60. The first kappa shape index (κ1) is 7.03. The van der Waals surface area contributed by atoms with Gasteiger partial charge in [-0.05, 0) is 25.8 Å². The Morgan fingerprint density at radius 1 is 1.56 bits per heavy atom. The molecule has 0 aliphatic carbocycles. The van der Waals surface area contributed by atoms with E-state index < -0.39 is 0 Å². The topological polar surface area (TPSA) is 23.5 Å². The van der Waals surface area contributed by atoms with Gasteiger partial charge in [-0.1, -0.05) is 6.92 Å². The average Bonchev–Trinajstić information content (AvgIpc) is 1.83. The van der Waals surface area contributed by atoms with E-state index in [2.05, 4.69) is 6.92 Å². The number of hydrogen-bond donors (Lipinski definition) is 1. The van der Waals surface area contributed by atoms with Crippen LogP contribution in [0.4, 0.5) is 0 Å². The molecule has 1 N–H and O–H groups in total. The Morgan fingerprint density at radius 2 is 2.22 bits per heavy atom. The van der Waals surface area contributed by atoms with Gasteiger partial charge < -0.3 is 5.11 Å². The molecule has 9 heavy (non-hydrogen) atoms. The Hall–Kier alpha value is -0.0800. The normalized spacial score (nSPS) is 39.0. The summed E-state index contributed by atoms with van der Waals surface area (Å²) in [5.41, 5.74) is 0.